The number of aliphatic carboxylic acids is 2. The van der Waals surface area contributed by atoms with E-state index in [0.29, 0.717) is 6.61 Å². The molecule has 0 radical (unpaired) electrons. The van der Waals surface area contributed by atoms with Crippen molar-refractivity contribution >= 4 is 23.9 Å². The molecule has 8 nitrogen and oxygen atoms in total. The Morgan fingerprint density at radius 2 is 0.912 bits per heavy atom. The second kappa shape index (κ2) is 22.7. The van der Waals surface area contributed by atoms with E-state index in [1.807, 2.05) is 0 Å². The number of rotatable bonds is 24. The summed E-state index contributed by atoms with van der Waals surface area (Å²) < 4.78 is 9.69. The molecule has 0 aliphatic carbocycles. The molecule has 0 bridgehead atoms. The number of carboxylic acids is 2. The molecule has 0 saturated carbocycles. The molecule has 0 rings (SSSR count). The Bertz CT molecular complexity index is 547. The van der Waals surface area contributed by atoms with Gasteiger partial charge in [0.2, 0.25) is 0 Å². The van der Waals surface area contributed by atoms with Crippen LogP contribution < -0.4 is 0 Å². The molecule has 0 amide bonds. The van der Waals surface area contributed by atoms with Crippen molar-refractivity contribution < 1.29 is 38.9 Å². The molecule has 0 aliphatic heterocycles. The summed E-state index contributed by atoms with van der Waals surface area (Å²) in [6.45, 7) is 1.80. The van der Waals surface area contributed by atoms with Gasteiger partial charge in [-0.15, -0.1) is 0 Å². The molecule has 0 heterocycles. The first-order valence-electron chi connectivity index (χ1n) is 13.1. The van der Waals surface area contributed by atoms with Crippen LogP contribution in [0.3, 0.4) is 0 Å². The molecule has 0 aliphatic rings. The van der Waals surface area contributed by atoms with Gasteiger partial charge >= 0.3 is 23.9 Å². The van der Waals surface area contributed by atoms with Gasteiger partial charge in [-0.1, -0.05) is 103 Å². The van der Waals surface area contributed by atoms with Gasteiger partial charge in [0.05, 0.1) is 19.4 Å². The Morgan fingerprint density at radius 1 is 0.559 bits per heavy atom. The van der Waals surface area contributed by atoms with Gasteiger partial charge in [0, 0.05) is 0 Å². The fraction of sp³-hybridized carbons (Fsp3) is 0.846. The molecule has 0 fully saturated rings. The van der Waals surface area contributed by atoms with Crippen molar-refractivity contribution in [1.29, 1.82) is 0 Å². The van der Waals surface area contributed by atoms with Crippen LogP contribution in [0.25, 0.3) is 0 Å². The van der Waals surface area contributed by atoms with E-state index in [9.17, 15) is 19.2 Å². The summed E-state index contributed by atoms with van der Waals surface area (Å²) in [5.74, 6) is -6.33. The van der Waals surface area contributed by atoms with E-state index in [4.69, 9.17) is 14.9 Å². The highest BCUT2D eigenvalue weighted by Gasteiger charge is 2.27. The maximum atomic E-state index is 11.6. The van der Waals surface area contributed by atoms with Crippen molar-refractivity contribution in [2.75, 3.05) is 13.2 Å². The maximum absolute atomic E-state index is 11.6. The monoisotopic (exact) mass is 486 g/mol. The van der Waals surface area contributed by atoms with Crippen LogP contribution in [0.2, 0.25) is 0 Å². The molecule has 34 heavy (non-hydrogen) atoms. The summed E-state index contributed by atoms with van der Waals surface area (Å²) in [7, 11) is 0. The van der Waals surface area contributed by atoms with Crippen molar-refractivity contribution in [2.45, 2.75) is 122 Å². The van der Waals surface area contributed by atoms with Gasteiger partial charge in [0.25, 0.3) is 0 Å². The van der Waals surface area contributed by atoms with Gasteiger partial charge < -0.3 is 19.7 Å². The van der Waals surface area contributed by atoms with Crippen LogP contribution in [0.4, 0.5) is 0 Å². The van der Waals surface area contributed by atoms with E-state index in [-0.39, 0.29) is 12.8 Å². The molecular weight excluding hydrogens is 440 g/mol. The third-order valence-corrected chi connectivity index (χ3v) is 5.80. The topological polar surface area (TPSA) is 127 Å². The number of hydrogen-bond donors (Lipinski definition) is 2. The molecule has 8 heteroatoms. The van der Waals surface area contributed by atoms with E-state index < -0.39 is 36.4 Å². The molecule has 0 aromatic carbocycles. The molecule has 0 saturated heterocycles. The predicted molar refractivity (Wildman–Crippen MR) is 129 cm³/mol. The number of esters is 2. The minimum absolute atomic E-state index is 0.178. The normalized spacial score (nSPS) is 10.9. The van der Waals surface area contributed by atoms with Gasteiger partial charge in [-0.3, -0.25) is 19.2 Å². The Hall–Kier alpha value is -2.12. The van der Waals surface area contributed by atoms with Crippen LogP contribution in [0, 0.1) is 5.92 Å². The zero-order valence-corrected chi connectivity index (χ0v) is 21.1. The average molecular weight is 487 g/mol. The van der Waals surface area contributed by atoms with Gasteiger partial charge in [-0.2, -0.15) is 0 Å². The minimum atomic E-state index is -1.81. The summed E-state index contributed by atoms with van der Waals surface area (Å²) in [4.78, 5) is 44.6. The van der Waals surface area contributed by atoms with Crippen molar-refractivity contribution in [1.82, 2.24) is 0 Å². The SMILES string of the molecule is CCCCCCCCCCCCCCCCCCOC(=O)CCC(=O)OCC(C(=O)O)C(=O)O. The lowest BCUT2D eigenvalue weighted by molar-refractivity contribution is -0.161. The first-order valence-corrected chi connectivity index (χ1v) is 13.1. The smallest absolute Gasteiger partial charge is 0.321 e. The third kappa shape index (κ3) is 20.5. The first-order chi connectivity index (χ1) is 16.4. The average Bonchev–Trinajstić information content (AvgIpc) is 2.79. The van der Waals surface area contributed by atoms with Crippen molar-refractivity contribution in [3.8, 4) is 0 Å². The molecule has 0 aromatic rings. The Morgan fingerprint density at radius 3 is 1.29 bits per heavy atom. The number of carbonyl (C=O) groups excluding carboxylic acids is 2. The van der Waals surface area contributed by atoms with Crippen molar-refractivity contribution in [3.05, 3.63) is 0 Å². The van der Waals surface area contributed by atoms with E-state index in [1.165, 1.54) is 83.5 Å². The highest BCUT2D eigenvalue weighted by atomic mass is 16.5. The third-order valence-electron chi connectivity index (χ3n) is 5.80. The molecule has 198 valence electrons. The fourth-order valence-electron chi connectivity index (χ4n) is 3.61. The van der Waals surface area contributed by atoms with E-state index >= 15 is 0 Å². The zero-order valence-electron chi connectivity index (χ0n) is 21.1. The summed E-state index contributed by atoms with van der Waals surface area (Å²) in [5, 5.41) is 17.4. The zero-order chi connectivity index (χ0) is 25.4. The maximum Gasteiger partial charge on any atom is 0.321 e. The standard InChI is InChI=1S/C26H46O8/c1-2-3-4-5-6-7-8-9-10-11-12-13-14-15-16-17-20-33-23(27)18-19-24(28)34-21-22(25(29)30)26(31)32/h22H,2-21H2,1H3,(H,29,30)(H,31,32). The molecule has 0 atom stereocenters. The summed E-state index contributed by atoms with van der Waals surface area (Å²) in [6, 6.07) is 0. The highest BCUT2D eigenvalue weighted by Crippen LogP contribution is 2.13. The fourth-order valence-corrected chi connectivity index (χ4v) is 3.61. The molecule has 0 spiro atoms. The summed E-state index contributed by atoms with van der Waals surface area (Å²) >= 11 is 0. The van der Waals surface area contributed by atoms with Crippen LogP contribution in [0.15, 0.2) is 0 Å². The Balaban J connectivity index is 3.42. The lowest BCUT2D eigenvalue weighted by atomic mass is 10.0. The lowest BCUT2D eigenvalue weighted by Crippen LogP contribution is -2.29. The minimum Gasteiger partial charge on any atom is -0.481 e. The Labute approximate surface area is 204 Å². The van der Waals surface area contributed by atoms with Crippen molar-refractivity contribution in [2.24, 2.45) is 5.92 Å². The van der Waals surface area contributed by atoms with Crippen LogP contribution in [0.1, 0.15) is 122 Å². The van der Waals surface area contributed by atoms with Crippen LogP contribution in [-0.4, -0.2) is 47.3 Å². The Kier molecular flexibility index (Phi) is 21.2. The first kappa shape index (κ1) is 31.9. The number of ether oxygens (including phenoxy) is 2. The number of carboxylic acid groups (broad SMARTS) is 2. The van der Waals surface area contributed by atoms with Crippen LogP contribution >= 0.6 is 0 Å². The largest absolute Gasteiger partial charge is 0.481 e. The summed E-state index contributed by atoms with van der Waals surface area (Å²) in [6.07, 6.45) is 19.9. The predicted octanol–water partition coefficient (Wildman–Crippen LogP) is 5.90. The molecule has 2 N–H and O–H groups in total. The van der Waals surface area contributed by atoms with E-state index in [2.05, 4.69) is 11.7 Å². The number of unbranched alkanes of at least 4 members (excludes halogenated alkanes) is 15. The lowest BCUT2D eigenvalue weighted by Gasteiger charge is -2.09. The molecule has 0 aromatic heterocycles. The quantitative estimate of drug-likeness (QED) is 0.0980. The number of hydrogen-bond acceptors (Lipinski definition) is 6. The molecule has 0 unspecified atom stereocenters. The summed E-state index contributed by atoms with van der Waals surface area (Å²) in [5.41, 5.74) is 0. The second-order valence-corrected chi connectivity index (χ2v) is 8.94. The van der Waals surface area contributed by atoms with Crippen LogP contribution in [-0.2, 0) is 28.7 Å². The number of carbonyl (C=O) groups is 4. The van der Waals surface area contributed by atoms with E-state index in [1.54, 1.807) is 0 Å². The second-order valence-electron chi connectivity index (χ2n) is 8.94. The highest BCUT2D eigenvalue weighted by molar-refractivity contribution is 5.93. The molecular formula is C26H46O8. The van der Waals surface area contributed by atoms with Gasteiger partial charge in [0.1, 0.15) is 6.61 Å². The van der Waals surface area contributed by atoms with Gasteiger partial charge in [0.15, 0.2) is 5.92 Å². The van der Waals surface area contributed by atoms with E-state index in [0.717, 1.165) is 19.3 Å². The van der Waals surface area contributed by atoms with Crippen molar-refractivity contribution in [3.63, 3.8) is 0 Å². The van der Waals surface area contributed by atoms with Gasteiger partial charge in [-0.05, 0) is 6.42 Å². The van der Waals surface area contributed by atoms with Gasteiger partial charge in [-0.25, -0.2) is 0 Å². The van der Waals surface area contributed by atoms with Crippen LogP contribution in [0.5, 0.6) is 0 Å².